The van der Waals surface area contributed by atoms with E-state index in [9.17, 15) is 9.59 Å². The molecule has 0 spiro atoms. The lowest BCUT2D eigenvalue weighted by Gasteiger charge is -2.11. The third-order valence-electron chi connectivity index (χ3n) is 2.44. The van der Waals surface area contributed by atoms with Crippen molar-refractivity contribution in [2.24, 2.45) is 0 Å². The van der Waals surface area contributed by atoms with Gasteiger partial charge in [0, 0.05) is 4.88 Å². The summed E-state index contributed by atoms with van der Waals surface area (Å²) >= 11 is 1.58. The van der Waals surface area contributed by atoms with Gasteiger partial charge in [0.15, 0.2) is 0 Å². The molecule has 0 aliphatic heterocycles. The van der Waals surface area contributed by atoms with Crippen LogP contribution >= 0.6 is 11.3 Å². The van der Waals surface area contributed by atoms with Crippen LogP contribution in [0.2, 0.25) is 0 Å². The number of hydrogen-bond acceptors (Lipinski definition) is 5. The van der Waals surface area contributed by atoms with Crippen molar-refractivity contribution in [2.75, 3.05) is 0 Å². The van der Waals surface area contributed by atoms with Crippen molar-refractivity contribution in [1.82, 2.24) is 15.5 Å². The molecular weight excluding hydrogens is 254 g/mol. The van der Waals surface area contributed by atoms with Crippen LogP contribution in [0.5, 0.6) is 0 Å². The highest BCUT2D eigenvalue weighted by atomic mass is 32.1. The zero-order valence-corrected chi connectivity index (χ0v) is 11.1. The number of aromatic nitrogens is 2. The van der Waals surface area contributed by atoms with Crippen LogP contribution in [0.1, 0.15) is 39.1 Å². The summed E-state index contributed by atoms with van der Waals surface area (Å²) in [5.74, 6) is -0.470. The quantitative estimate of drug-likeness (QED) is 0.882. The summed E-state index contributed by atoms with van der Waals surface area (Å²) in [6, 6.07) is 0.879. The summed E-state index contributed by atoms with van der Waals surface area (Å²) in [6.07, 6.45) is 0. The molecular formula is C11H13N3O3S. The van der Waals surface area contributed by atoms with Crippen molar-refractivity contribution < 1.29 is 9.32 Å². The summed E-state index contributed by atoms with van der Waals surface area (Å²) < 4.78 is 4.73. The van der Waals surface area contributed by atoms with E-state index >= 15 is 0 Å². The zero-order chi connectivity index (χ0) is 13.3. The molecule has 2 aromatic heterocycles. The summed E-state index contributed by atoms with van der Waals surface area (Å²) in [5.41, 5.74) is 0.400. The monoisotopic (exact) mass is 267 g/mol. The minimum Gasteiger partial charge on any atom is -0.373 e. The third kappa shape index (κ3) is 2.51. The lowest BCUT2D eigenvalue weighted by molar-refractivity contribution is 0.0901. The van der Waals surface area contributed by atoms with Gasteiger partial charge >= 0.3 is 0 Å². The van der Waals surface area contributed by atoms with Crippen molar-refractivity contribution in [2.45, 2.75) is 26.8 Å². The second-order valence-corrected chi connectivity index (χ2v) is 5.35. The number of aromatic amines is 1. The van der Waals surface area contributed by atoms with E-state index in [1.54, 1.807) is 11.3 Å². The fourth-order valence-electron chi connectivity index (χ4n) is 1.68. The van der Waals surface area contributed by atoms with Crippen molar-refractivity contribution >= 4 is 17.2 Å². The molecule has 2 heterocycles. The second kappa shape index (κ2) is 4.77. The predicted octanol–water partition coefficient (Wildman–Crippen LogP) is 1.53. The smallest absolute Gasteiger partial charge is 0.290 e. The van der Waals surface area contributed by atoms with Gasteiger partial charge in [0.1, 0.15) is 0 Å². The van der Waals surface area contributed by atoms with E-state index in [2.05, 4.69) is 15.5 Å². The van der Waals surface area contributed by atoms with Crippen LogP contribution in [-0.2, 0) is 0 Å². The molecule has 1 unspecified atom stereocenters. The molecule has 2 aromatic rings. The van der Waals surface area contributed by atoms with Crippen molar-refractivity contribution in [3.05, 3.63) is 37.8 Å². The molecule has 2 rings (SSSR count). The average molecular weight is 267 g/mol. The van der Waals surface area contributed by atoms with E-state index in [4.69, 9.17) is 4.52 Å². The maximum atomic E-state index is 11.8. The molecule has 1 atom stereocenters. The van der Waals surface area contributed by atoms with Gasteiger partial charge in [-0.1, -0.05) is 0 Å². The molecule has 0 saturated carbocycles. The summed E-state index contributed by atoms with van der Waals surface area (Å²) in [4.78, 5) is 28.1. The number of H-pyrrole nitrogens is 1. The van der Waals surface area contributed by atoms with Gasteiger partial charge in [-0.05, 0) is 20.8 Å². The van der Waals surface area contributed by atoms with E-state index in [1.807, 2.05) is 20.8 Å². The Balaban J connectivity index is 2.12. The Bertz CT molecular complexity index is 626. The Morgan fingerprint density at radius 2 is 2.28 bits per heavy atom. The van der Waals surface area contributed by atoms with Crippen LogP contribution < -0.4 is 10.9 Å². The van der Waals surface area contributed by atoms with Gasteiger partial charge in [-0.25, -0.2) is 4.98 Å². The Kier molecular flexibility index (Phi) is 3.33. The van der Waals surface area contributed by atoms with Crippen LogP contribution in [0.4, 0.5) is 0 Å². The number of aryl methyl sites for hydroxylation is 2. The molecule has 0 aromatic carbocycles. The molecule has 0 radical (unpaired) electrons. The van der Waals surface area contributed by atoms with Crippen LogP contribution in [-0.4, -0.2) is 16.0 Å². The number of nitrogens with zero attached hydrogens (tertiary/aromatic N) is 1. The molecule has 0 aliphatic rings. The number of nitrogens with one attached hydrogen (secondary N) is 2. The van der Waals surface area contributed by atoms with E-state index in [1.165, 1.54) is 0 Å². The maximum absolute atomic E-state index is 11.8. The highest BCUT2D eigenvalue weighted by Gasteiger charge is 2.18. The highest BCUT2D eigenvalue weighted by Crippen LogP contribution is 2.22. The van der Waals surface area contributed by atoms with Crippen LogP contribution in [0.15, 0.2) is 15.4 Å². The van der Waals surface area contributed by atoms with Crippen LogP contribution in [0, 0.1) is 13.8 Å². The first-order valence-corrected chi connectivity index (χ1v) is 6.22. The maximum Gasteiger partial charge on any atom is 0.290 e. The predicted molar refractivity (Wildman–Crippen MR) is 66.8 cm³/mol. The first-order chi connectivity index (χ1) is 8.47. The third-order valence-corrected chi connectivity index (χ3v) is 3.35. The SMILES string of the molecule is Cc1nc(C(C)NC(=O)c2cc(=O)[nH]o2)c(C)s1. The van der Waals surface area contributed by atoms with Crippen LogP contribution in [0.25, 0.3) is 0 Å². The van der Waals surface area contributed by atoms with Gasteiger partial charge in [0.05, 0.1) is 22.8 Å². The molecule has 2 N–H and O–H groups in total. The highest BCUT2D eigenvalue weighted by molar-refractivity contribution is 7.11. The van der Waals surface area contributed by atoms with Crippen molar-refractivity contribution in [3.63, 3.8) is 0 Å². The zero-order valence-electron chi connectivity index (χ0n) is 10.2. The Morgan fingerprint density at radius 3 is 2.78 bits per heavy atom. The number of amides is 1. The number of carbonyl (C=O) groups excluding carboxylic acids is 1. The minimum atomic E-state index is -0.439. The molecule has 0 fully saturated rings. The average Bonchev–Trinajstić information content (AvgIpc) is 2.84. The Hall–Kier alpha value is -1.89. The van der Waals surface area contributed by atoms with Gasteiger partial charge in [0.25, 0.3) is 11.5 Å². The molecule has 0 aliphatic carbocycles. The Morgan fingerprint density at radius 1 is 1.56 bits per heavy atom. The molecule has 96 valence electrons. The molecule has 6 nitrogen and oxygen atoms in total. The molecule has 1 amide bonds. The molecule has 18 heavy (non-hydrogen) atoms. The second-order valence-electron chi connectivity index (χ2n) is 3.95. The van der Waals surface area contributed by atoms with E-state index in [0.717, 1.165) is 21.6 Å². The fourth-order valence-corrected chi connectivity index (χ4v) is 2.59. The lowest BCUT2D eigenvalue weighted by atomic mass is 10.2. The normalized spacial score (nSPS) is 12.4. The van der Waals surface area contributed by atoms with Crippen molar-refractivity contribution in [3.8, 4) is 0 Å². The van der Waals surface area contributed by atoms with E-state index < -0.39 is 11.5 Å². The van der Waals surface area contributed by atoms with Gasteiger partial charge in [-0.2, -0.15) is 5.16 Å². The number of thiazole rings is 1. The van der Waals surface area contributed by atoms with Gasteiger partial charge in [0.2, 0.25) is 5.76 Å². The molecule has 0 bridgehead atoms. The summed E-state index contributed by atoms with van der Waals surface area (Å²) in [5, 5.41) is 5.76. The number of rotatable bonds is 3. The van der Waals surface area contributed by atoms with Crippen LogP contribution in [0.3, 0.4) is 0 Å². The minimum absolute atomic E-state index is 0.0311. The Labute approximate surface area is 107 Å². The number of hydrogen-bond donors (Lipinski definition) is 2. The van der Waals surface area contributed by atoms with E-state index in [-0.39, 0.29) is 11.8 Å². The van der Waals surface area contributed by atoms with Gasteiger partial charge in [-0.3, -0.25) is 9.59 Å². The summed E-state index contributed by atoms with van der Waals surface area (Å²) in [7, 11) is 0. The number of carbonyl (C=O) groups is 1. The van der Waals surface area contributed by atoms with Crippen molar-refractivity contribution in [1.29, 1.82) is 0 Å². The topological polar surface area (TPSA) is 88.0 Å². The summed E-state index contributed by atoms with van der Waals surface area (Å²) in [6.45, 7) is 5.71. The molecule has 7 heteroatoms. The largest absolute Gasteiger partial charge is 0.373 e. The first kappa shape index (κ1) is 12.6. The first-order valence-electron chi connectivity index (χ1n) is 5.40. The standard InChI is InChI=1S/C11H13N3O3S/c1-5(10-6(2)18-7(3)13-10)12-11(16)8-4-9(15)14-17-8/h4-5H,1-3H3,(H,12,16)(H,14,15). The fraction of sp³-hybridized carbons (Fsp3) is 0.364. The van der Waals surface area contributed by atoms with E-state index in [0.29, 0.717) is 0 Å². The lowest BCUT2D eigenvalue weighted by Crippen LogP contribution is -2.27. The van der Waals surface area contributed by atoms with Gasteiger partial charge < -0.3 is 9.84 Å². The van der Waals surface area contributed by atoms with Gasteiger partial charge in [-0.15, -0.1) is 11.3 Å². The molecule has 0 saturated heterocycles.